The molecule has 7 heteroatoms. The fourth-order valence-electron chi connectivity index (χ4n) is 3.63. The lowest BCUT2D eigenvalue weighted by molar-refractivity contribution is -0.118. The van der Waals surface area contributed by atoms with Crippen molar-refractivity contribution in [3.8, 4) is 0 Å². The minimum atomic E-state index is -0.0518. The second-order valence-electron chi connectivity index (χ2n) is 7.85. The third kappa shape index (κ3) is 4.55. The lowest BCUT2D eigenvalue weighted by atomic mass is 10.2. The number of rotatable bonds is 6. The highest BCUT2D eigenvalue weighted by Crippen LogP contribution is 2.23. The van der Waals surface area contributed by atoms with Gasteiger partial charge >= 0.3 is 0 Å². The number of para-hydroxylation sites is 1. The molecule has 158 valence electrons. The molecule has 2 heterocycles. The predicted molar refractivity (Wildman–Crippen MR) is 123 cm³/mol. The molecule has 31 heavy (non-hydrogen) atoms. The summed E-state index contributed by atoms with van der Waals surface area (Å²) in [5.74, 6) is 0.941. The van der Waals surface area contributed by atoms with Gasteiger partial charge in [-0.05, 0) is 70.2 Å². The van der Waals surface area contributed by atoms with E-state index < -0.39 is 0 Å². The van der Waals surface area contributed by atoms with Gasteiger partial charge in [0, 0.05) is 34.5 Å². The standard InChI is InChI=1S/C24H26N6O/c1-16(2)29(21-12-10-20(11-13-21)26-19-8-6-5-7-9-19)23(31)15-22-27-24-25-17(3)14-18(4)30(24)28-22/h5-14,16,26H,15H2,1-4H3. The quantitative estimate of drug-likeness (QED) is 0.504. The van der Waals surface area contributed by atoms with Gasteiger partial charge in [0.15, 0.2) is 5.82 Å². The van der Waals surface area contributed by atoms with Crippen molar-refractivity contribution in [2.75, 3.05) is 10.2 Å². The topological polar surface area (TPSA) is 75.4 Å². The van der Waals surface area contributed by atoms with Gasteiger partial charge in [-0.1, -0.05) is 18.2 Å². The Bertz CT molecular complexity index is 1200. The van der Waals surface area contributed by atoms with E-state index in [0.717, 1.165) is 28.5 Å². The van der Waals surface area contributed by atoms with E-state index in [-0.39, 0.29) is 18.4 Å². The largest absolute Gasteiger partial charge is 0.356 e. The van der Waals surface area contributed by atoms with Gasteiger partial charge in [-0.3, -0.25) is 4.79 Å². The third-order valence-electron chi connectivity index (χ3n) is 4.96. The number of benzene rings is 2. The van der Waals surface area contributed by atoms with Crippen LogP contribution in [-0.2, 0) is 11.2 Å². The molecule has 4 aromatic rings. The zero-order valence-corrected chi connectivity index (χ0v) is 18.2. The van der Waals surface area contributed by atoms with Gasteiger partial charge in [0.05, 0.1) is 6.42 Å². The summed E-state index contributed by atoms with van der Waals surface area (Å²) in [6, 6.07) is 19.8. The molecule has 4 rings (SSSR count). The summed E-state index contributed by atoms with van der Waals surface area (Å²) in [6.45, 7) is 7.87. The fourth-order valence-corrected chi connectivity index (χ4v) is 3.63. The number of carbonyl (C=O) groups excluding carboxylic acids is 1. The molecule has 2 aromatic heterocycles. The Balaban J connectivity index is 1.53. The van der Waals surface area contributed by atoms with Crippen LogP contribution in [0.4, 0.5) is 17.1 Å². The first-order valence-corrected chi connectivity index (χ1v) is 10.3. The van der Waals surface area contributed by atoms with E-state index in [1.807, 2.05) is 88.4 Å². The maximum Gasteiger partial charge on any atom is 0.252 e. The summed E-state index contributed by atoms with van der Waals surface area (Å²) in [7, 11) is 0. The van der Waals surface area contributed by atoms with Crippen LogP contribution in [0.1, 0.15) is 31.1 Å². The Hall–Kier alpha value is -3.74. The van der Waals surface area contributed by atoms with Crippen LogP contribution in [0.25, 0.3) is 5.78 Å². The van der Waals surface area contributed by atoms with Crippen LogP contribution in [0.3, 0.4) is 0 Å². The van der Waals surface area contributed by atoms with Crippen LogP contribution in [0.5, 0.6) is 0 Å². The molecule has 0 spiro atoms. The molecule has 0 aliphatic carbocycles. The monoisotopic (exact) mass is 414 g/mol. The minimum Gasteiger partial charge on any atom is -0.356 e. The summed E-state index contributed by atoms with van der Waals surface area (Å²) < 4.78 is 1.68. The molecular formula is C24H26N6O. The molecule has 1 N–H and O–H groups in total. The summed E-state index contributed by atoms with van der Waals surface area (Å²) in [5, 5.41) is 7.84. The van der Waals surface area contributed by atoms with Gasteiger partial charge in [0.2, 0.25) is 5.91 Å². The molecular weight excluding hydrogens is 388 g/mol. The lowest BCUT2D eigenvalue weighted by Gasteiger charge is -2.27. The highest BCUT2D eigenvalue weighted by atomic mass is 16.2. The first-order valence-electron chi connectivity index (χ1n) is 10.3. The summed E-state index contributed by atoms with van der Waals surface area (Å²) >= 11 is 0. The second-order valence-corrected chi connectivity index (χ2v) is 7.85. The van der Waals surface area contributed by atoms with Crippen molar-refractivity contribution in [2.45, 2.75) is 40.2 Å². The Morgan fingerprint density at radius 1 is 1.00 bits per heavy atom. The molecule has 7 nitrogen and oxygen atoms in total. The van der Waals surface area contributed by atoms with Gasteiger partial charge in [-0.15, -0.1) is 5.10 Å². The number of aryl methyl sites for hydroxylation is 2. The van der Waals surface area contributed by atoms with Crippen molar-refractivity contribution in [1.82, 2.24) is 19.6 Å². The molecule has 0 aliphatic heterocycles. The number of anilines is 3. The van der Waals surface area contributed by atoms with Crippen molar-refractivity contribution >= 4 is 28.7 Å². The van der Waals surface area contributed by atoms with Crippen LogP contribution in [0.2, 0.25) is 0 Å². The number of nitrogens with one attached hydrogen (secondary N) is 1. The molecule has 0 radical (unpaired) electrons. The zero-order chi connectivity index (χ0) is 22.0. The Kier molecular flexibility index (Phi) is 5.66. The average Bonchev–Trinajstić information content (AvgIpc) is 3.12. The van der Waals surface area contributed by atoms with Gasteiger partial charge in [0.25, 0.3) is 5.78 Å². The Morgan fingerprint density at radius 3 is 2.35 bits per heavy atom. The maximum atomic E-state index is 13.2. The molecule has 0 aliphatic rings. The Morgan fingerprint density at radius 2 is 1.68 bits per heavy atom. The van der Waals surface area contributed by atoms with E-state index in [1.54, 1.807) is 9.42 Å². The minimum absolute atomic E-state index is 0.000399. The van der Waals surface area contributed by atoms with E-state index >= 15 is 0 Å². The molecule has 2 aromatic carbocycles. The number of fused-ring (bicyclic) bond motifs is 1. The SMILES string of the molecule is Cc1cc(C)n2nc(CC(=O)N(c3ccc(Nc4ccccc4)cc3)C(C)C)nc2n1. The van der Waals surface area contributed by atoms with Crippen LogP contribution < -0.4 is 10.2 Å². The summed E-state index contributed by atoms with van der Waals surface area (Å²) in [6.07, 6.45) is 0.115. The summed E-state index contributed by atoms with van der Waals surface area (Å²) in [4.78, 5) is 23.8. The van der Waals surface area contributed by atoms with Crippen molar-refractivity contribution in [3.63, 3.8) is 0 Å². The van der Waals surface area contributed by atoms with Crippen molar-refractivity contribution in [2.24, 2.45) is 0 Å². The maximum absolute atomic E-state index is 13.2. The highest BCUT2D eigenvalue weighted by molar-refractivity contribution is 5.95. The molecule has 0 saturated heterocycles. The summed E-state index contributed by atoms with van der Waals surface area (Å²) in [5.41, 5.74) is 4.64. The van der Waals surface area contributed by atoms with Gasteiger partial charge < -0.3 is 10.2 Å². The molecule has 0 bridgehead atoms. The fraction of sp³-hybridized carbons (Fsp3) is 0.250. The smallest absolute Gasteiger partial charge is 0.252 e. The first-order chi connectivity index (χ1) is 14.9. The van der Waals surface area contributed by atoms with E-state index in [1.165, 1.54) is 0 Å². The molecule has 0 saturated carbocycles. The van der Waals surface area contributed by atoms with Gasteiger partial charge in [0.1, 0.15) is 0 Å². The predicted octanol–water partition coefficient (Wildman–Crippen LogP) is 4.47. The highest BCUT2D eigenvalue weighted by Gasteiger charge is 2.21. The number of nitrogens with zero attached hydrogens (tertiary/aromatic N) is 5. The molecule has 0 unspecified atom stereocenters. The number of carbonyl (C=O) groups is 1. The lowest BCUT2D eigenvalue weighted by Crippen LogP contribution is -2.38. The number of hydrogen-bond acceptors (Lipinski definition) is 5. The zero-order valence-electron chi connectivity index (χ0n) is 18.2. The van der Waals surface area contributed by atoms with Crippen LogP contribution in [0.15, 0.2) is 60.7 Å². The van der Waals surface area contributed by atoms with Crippen LogP contribution in [0, 0.1) is 13.8 Å². The third-order valence-corrected chi connectivity index (χ3v) is 4.96. The second kappa shape index (κ2) is 8.55. The van der Waals surface area contributed by atoms with Crippen LogP contribution >= 0.6 is 0 Å². The van der Waals surface area contributed by atoms with Gasteiger partial charge in [-0.25, -0.2) is 9.50 Å². The average molecular weight is 415 g/mol. The number of hydrogen-bond donors (Lipinski definition) is 1. The van der Waals surface area contributed by atoms with Crippen molar-refractivity contribution in [3.05, 3.63) is 77.9 Å². The van der Waals surface area contributed by atoms with Gasteiger partial charge in [-0.2, -0.15) is 4.98 Å². The normalized spacial score (nSPS) is 11.1. The Labute approximate surface area is 181 Å². The van der Waals surface area contributed by atoms with E-state index in [0.29, 0.717) is 11.6 Å². The van der Waals surface area contributed by atoms with Crippen molar-refractivity contribution < 1.29 is 4.79 Å². The van der Waals surface area contributed by atoms with E-state index in [9.17, 15) is 4.79 Å². The van der Waals surface area contributed by atoms with Crippen molar-refractivity contribution in [1.29, 1.82) is 0 Å². The molecule has 1 amide bonds. The number of amides is 1. The van der Waals surface area contributed by atoms with E-state index in [4.69, 9.17) is 0 Å². The molecule has 0 fully saturated rings. The first kappa shape index (κ1) is 20.5. The molecule has 0 atom stereocenters. The number of aromatic nitrogens is 4. The van der Waals surface area contributed by atoms with Crippen LogP contribution in [-0.4, -0.2) is 31.5 Å². The van der Waals surface area contributed by atoms with E-state index in [2.05, 4.69) is 20.4 Å².